The minimum absolute atomic E-state index is 0.245. The quantitative estimate of drug-likeness (QED) is 0.497. The van der Waals surface area contributed by atoms with Crippen molar-refractivity contribution in [1.29, 1.82) is 21.2 Å². The molecule has 2 saturated heterocycles. The first-order chi connectivity index (χ1) is 14.5. The Morgan fingerprint density at radius 3 is 2.23 bits per heavy atom. The monoisotopic (exact) mass is 410 g/mol. The molecule has 30 heavy (non-hydrogen) atoms. The van der Waals surface area contributed by atoms with Gasteiger partial charge >= 0.3 is 0 Å². The predicted octanol–water partition coefficient (Wildman–Crippen LogP) is 5.60. The van der Waals surface area contributed by atoms with Gasteiger partial charge in [0.2, 0.25) is 11.7 Å². The summed E-state index contributed by atoms with van der Waals surface area (Å²) in [4.78, 5) is 0. The van der Waals surface area contributed by atoms with Gasteiger partial charge in [-0.2, -0.15) is 15.8 Å². The number of hydrogen-bond acceptors (Lipinski definition) is 6. The third-order valence-corrected chi connectivity index (χ3v) is 7.61. The largest absolute Gasteiger partial charge is 0.447 e. The molecule has 0 aromatic heterocycles. The zero-order valence-electron chi connectivity index (χ0n) is 18.4. The maximum atomic E-state index is 10.3. The van der Waals surface area contributed by atoms with Gasteiger partial charge in [-0.1, -0.05) is 65.2 Å². The van der Waals surface area contributed by atoms with Crippen LogP contribution in [0.4, 0.5) is 0 Å². The van der Waals surface area contributed by atoms with Gasteiger partial charge in [-0.15, -0.1) is 0 Å². The Balaban J connectivity index is 1.77. The van der Waals surface area contributed by atoms with Gasteiger partial charge in [0.25, 0.3) is 0 Å². The van der Waals surface area contributed by atoms with E-state index in [0.717, 1.165) is 25.7 Å². The number of unbranched alkanes of at least 4 members (excludes halogenated alkanes) is 7. The molecule has 5 unspecified atom stereocenters. The van der Waals surface area contributed by atoms with Gasteiger partial charge in [0.15, 0.2) is 10.8 Å². The van der Waals surface area contributed by atoms with Crippen LogP contribution < -0.4 is 0 Å². The predicted molar refractivity (Wildman–Crippen MR) is 112 cm³/mol. The summed E-state index contributed by atoms with van der Waals surface area (Å²) in [5, 5.41) is 39.1. The van der Waals surface area contributed by atoms with Crippen molar-refractivity contribution in [3.63, 3.8) is 0 Å². The Bertz CT molecular complexity index is 762. The van der Waals surface area contributed by atoms with E-state index >= 15 is 0 Å². The Morgan fingerprint density at radius 2 is 1.63 bits per heavy atom. The molecule has 2 heterocycles. The van der Waals surface area contributed by atoms with Crippen LogP contribution in [-0.4, -0.2) is 17.8 Å². The summed E-state index contributed by atoms with van der Waals surface area (Å²) in [7, 11) is 0. The van der Waals surface area contributed by atoms with Crippen LogP contribution in [0.5, 0.6) is 0 Å². The molecule has 6 nitrogen and oxygen atoms in total. The van der Waals surface area contributed by atoms with Crippen molar-refractivity contribution >= 4 is 5.90 Å². The maximum absolute atomic E-state index is 10.3. The number of nitriles is 3. The molecule has 2 bridgehead atoms. The normalized spacial score (nSPS) is 36.1. The van der Waals surface area contributed by atoms with Gasteiger partial charge in [0.05, 0.1) is 30.2 Å². The molecule has 6 heteroatoms. The van der Waals surface area contributed by atoms with Crippen LogP contribution in [0.25, 0.3) is 0 Å². The zero-order chi connectivity index (χ0) is 21.8. The summed E-state index contributed by atoms with van der Waals surface area (Å²) in [5.74, 6) is -1.37. The van der Waals surface area contributed by atoms with E-state index in [1.165, 1.54) is 32.1 Å². The standard InChI is InChI=1S/C24H34N4O2/c1-3-4-5-6-7-8-9-10-11-20-22(15-25,16-26)23(17-27)19-14-18(2)12-13-24(19,29-20)30-21(23)28/h18-20,28H,3-14H2,1-2H3. The van der Waals surface area contributed by atoms with Crippen molar-refractivity contribution in [3.05, 3.63) is 0 Å². The summed E-state index contributed by atoms with van der Waals surface area (Å²) in [6.45, 7) is 4.32. The van der Waals surface area contributed by atoms with Crippen LogP contribution >= 0.6 is 0 Å². The second kappa shape index (κ2) is 8.95. The molecule has 162 valence electrons. The first kappa shape index (κ1) is 22.6. The molecule has 0 spiro atoms. The van der Waals surface area contributed by atoms with Gasteiger partial charge in [0, 0.05) is 6.42 Å². The molecule has 2 aliphatic heterocycles. The summed E-state index contributed by atoms with van der Waals surface area (Å²) in [6.07, 6.45) is 11.2. The highest BCUT2D eigenvalue weighted by molar-refractivity contribution is 5.89. The number of nitrogens with one attached hydrogen (secondary N) is 1. The fourth-order valence-electron chi connectivity index (χ4n) is 5.87. The highest BCUT2D eigenvalue weighted by Gasteiger charge is 2.80. The van der Waals surface area contributed by atoms with Crippen molar-refractivity contribution in [1.82, 2.24) is 0 Å². The van der Waals surface area contributed by atoms with Crippen LogP contribution in [0.15, 0.2) is 0 Å². The summed E-state index contributed by atoms with van der Waals surface area (Å²) in [6, 6.07) is 6.57. The van der Waals surface area contributed by atoms with Crippen molar-refractivity contribution in [2.24, 2.45) is 22.7 Å². The number of rotatable bonds is 9. The van der Waals surface area contributed by atoms with Crippen molar-refractivity contribution < 1.29 is 9.47 Å². The molecule has 3 fully saturated rings. The molecule has 0 aromatic rings. The minimum Gasteiger partial charge on any atom is -0.447 e. The van der Waals surface area contributed by atoms with Crippen LogP contribution in [-0.2, 0) is 9.47 Å². The molecule has 0 aromatic carbocycles. The van der Waals surface area contributed by atoms with Gasteiger partial charge < -0.3 is 9.47 Å². The van der Waals surface area contributed by atoms with Crippen LogP contribution in [0.2, 0.25) is 0 Å². The van der Waals surface area contributed by atoms with E-state index in [1.54, 1.807) is 0 Å². The highest BCUT2D eigenvalue weighted by atomic mass is 16.7. The van der Waals surface area contributed by atoms with E-state index < -0.39 is 28.6 Å². The third-order valence-electron chi connectivity index (χ3n) is 7.61. The molecular weight excluding hydrogens is 376 g/mol. The smallest absolute Gasteiger partial charge is 0.217 e. The van der Waals surface area contributed by atoms with Gasteiger partial charge in [0.1, 0.15) is 0 Å². The Hall–Kier alpha value is -2.10. The number of ether oxygens (including phenoxy) is 2. The van der Waals surface area contributed by atoms with E-state index in [4.69, 9.17) is 14.9 Å². The number of nitrogens with zero attached hydrogens (tertiary/aromatic N) is 3. The molecule has 5 atom stereocenters. The average molecular weight is 411 g/mol. The molecule has 1 N–H and O–H groups in total. The van der Waals surface area contributed by atoms with Crippen molar-refractivity contribution in [2.75, 3.05) is 0 Å². The topological polar surface area (TPSA) is 114 Å². The lowest BCUT2D eigenvalue weighted by Crippen LogP contribution is -2.63. The Kier molecular flexibility index (Phi) is 6.74. The fourth-order valence-corrected chi connectivity index (χ4v) is 5.87. The molecule has 0 amide bonds. The van der Waals surface area contributed by atoms with Crippen LogP contribution in [0.1, 0.15) is 90.9 Å². The van der Waals surface area contributed by atoms with Crippen molar-refractivity contribution in [3.8, 4) is 18.2 Å². The Morgan fingerprint density at radius 1 is 1.00 bits per heavy atom. The van der Waals surface area contributed by atoms with Gasteiger partial charge in [-0.25, -0.2) is 0 Å². The van der Waals surface area contributed by atoms with Crippen molar-refractivity contribution in [2.45, 2.75) is 103 Å². The SMILES string of the molecule is CCCCCCCCCCC1OC23CCC(C)CC2C(C#N)(C(=N)O3)C1(C#N)C#N. The first-order valence-corrected chi connectivity index (χ1v) is 11.7. The lowest BCUT2D eigenvalue weighted by molar-refractivity contribution is -0.296. The molecule has 3 rings (SSSR count). The van der Waals surface area contributed by atoms with Gasteiger partial charge in [-0.05, 0) is 25.2 Å². The average Bonchev–Trinajstić information content (AvgIpc) is 2.94. The Labute approximate surface area is 180 Å². The lowest BCUT2D eigenvalue weighted by Gasteiger charge is -2.52. The molecule has 1 saturated carbocycles. The minimum atomic E-state index is -1.71. The molecule has 0 radical (unpaired) electrons. The summed E-state index contributed by atoms with van der Waals surface area (Å²) >= 11 is 0. The molecule has 3 aliphatic rings. The summed E-state index contributed by atoms with van der Waals surface area (Å²) < 4.78 is 12.3. The van der Waals surface area contributed by atoms with Gasteiger partial charge in [-0.3, -0.25) is 5.41 Å². The van der Waals surface area contributed by atoms with Crippen LogP contribution in [0.3, 0.4) is 0 Å². The zero-order valence-corrected chi connectivity index (χ0v) is 18.4. The lowest BCUT2D eigenvalue weighted by atomic mass is 9.51. The maximum Gasteiger partial charge on any atom is 0.217 e. The van der Waals surface area contributed by atoms with E-state index in [1.807, 2.05) is 0 Å². The summed E-state index contributed by atoms with van der Waals surface area (Å²) in [5.41, 5.74) is -3.25. The second-order valence-electron chi connectivity index (χ2n) is 9.50. The fraction of sp³-hybridized carbons (Fsp3) is 0.833. The molecule has 1 aliphatic carbocycles. The second-order valence-corrected chi connectivity index (χ2v) is 9.50. The highest BCUT2D eigenvalue weighted by Crippen LogP contribution is 2.67. The third kappa shape index (κ3) is 3.29. The number of hydrogen-bond donors (Lipinski definition) is 1. The van der Waals surface area contributed by atoms with E-state index in [-0.39, 0.29) is 5.90 Å². The molecular formula is C24H34N4O2. The first-order valence-electron chi connectivity index (χ1n) is 11.7. The van der Waals surface area contributed by atoms with E-state index in [0.29, 0.717) is 25.2 Å². The van der Waals surface area contributed by atoms with E-state index in [9.17, 15) is 15.8 Å². The van der Waals surface area contributed by atoms with Crippen LogP contribution in [0, 0.1) is 62.1 Å². The van der Waals surface area contributed by atoms with E-state index in [2.05, 4.69) is 32.1 Å².